The van der Waals surface area contributed by atoms with Crippen molar-refractivity contribution < 1.29 is 9.50 Å². The highest BCUT2D eigenvalue weighted by Crippen LogP contribution is 2.26. The van der Waals surface area contributed by atoms with Crippen molar-refractivity contribution in [2.45, 2.75) is 19.2 Å². The maximum absolute atomic E-state index is 14.3. The Morgan fingerprint density at radius 3 is 2.52 bits per heavy atom. The summed E-state index contributed by atoms with van der Waals surface area (Å²) in [6.07, 6.45) is 1.46. The van der Waals surface area contributed by atoms with Crippen molar-refractivity contribution in [3.05, 3.63) is 107 Å². The Bertz CT molecular complexity index is 1090. The number of hydrogen-bond acceptors (Lipinski definition) is 2. The van der Waals surface area contributed by atoms with Gasteiger partial charge < -0.3 is 15.0 Å². The molecule has 0 spiro atoms. The van der Waals surface area contributed by atoms with Crippen molar-refractivity contribution in [2.24, 2.45) is 0 Å². The Morgan fingerprint density at radius 1 is 0.966 bits per heavy atom. The third kappa shape index (κ3) is 4.35. The summed E-state index contributed by atoms with van der Waals surface area (Å²) in [6, 6.07) is 22.4. The van der Waals surface area contributed by atoms with Gasteiger partial charge in [-0.05, 0) is 29.3 Å². The molecule has 5 heteroatoms. The molecule has 0 amide bonds. The second kappa shape index (κ2) is 8.78. The molecule has 0 aliphatic heterocycles. The van der Waals surface area contributed by atoms with Gasteiger partial charge in [0, 0.05) is 40.8 Å². The molecular formula is C24H22ClFN2O. The van der Waals surface area contributed by atoms with Gasteiger partial charge >= 0.3 is 0 Å². The molecule has 2 N–H and O–H groups in total. The second-order valence-electron chi connectivity index (χ2n) is 7.06. The van der Waals surface area contributed by atoms with Crippen LogP contribution >= 0.6 is 11.6 Å². The largest absolute Gasteiger partial charge is 0.387 e. The average molecular weight is 409 g/mol. The number of aliphatic hydroxyl groups excluding tert-OH is 1. The van der Waals surface area contributed by atoms with E-state index in [0.29, 0.717) is 30.2 Å². The van der Waals surface area contributed by atoms with Crippen LogP contribution in [-0.2, 0) is 13.1 Å². The van der Waals surface area contributed by atoms with Crippen LogP contribution in [0.4, 0.5) is 4.39 Å². The van der Waals surface area contributed by atoms with Crippen LogP contribution in [0.5, 0.6) is 0 Å². The summed E-state index contributed by atoms with van der Waals surface area (Å²) < 4.78 is 16.3. The topological polar surface area (TPSA) is 37.2 Å². The van der Waals surface area contributed by atoms with Crippen molar-refractivity contribution in [3.63, 3.8) is 0 Å². The smallest absolute Gasteiger partial charge is 0.129 e. The number of aromatic nitrogens is 1. The van der Waals surface area contributed by atoms with E-state index in [-0.39, 0.29) is 5.82 Å². The van der Waals surface area contributed by atoms with Crippen LogP contribution in [0.2, 0.25) is 5.02 Å². The van der Waals surface area contributed by atoms with E-state index >= 15 is 0 Å². The molecular weight excluding hydrogens is 387 g/mol. The standard InChI is InChI=1S/C24H22ClFN2O/c25-21-10-6-11-22(26)20(21)16-28-15-18(19-9-4-5-12-23(19)28)13-27-14-24(29)17-7-2-1-3-8-17/h1-12,15,24,27,29H,13-14,16H2/t24-/m0/s1. The van der Waals surface area contributed by atoms with Gasteiger partial charge in [-0.15, -0.1) is 0 Å². The van der Waals surface area contributed by atoms with Gasteiger partial charge in [0.2, 0.25) is 0 Å². The summed E-state index contributed by atoms with van der Waals surface area (Å²) in [4.78, 5) is 0. The van der Waals surface area contributed by atoms with Gasteiger partial charge in [0.05, 0.1) is 12.6 Å². The number of para-hydroxylation sites is 1. The molecule has 1 heterocycles. The summed E-state index contributed by atoms with van der Waals surface area (Å²) in [7, 11) is 0. The Morgan fingerprint density at radius 2 is 1.72 bits per heavy atom. The number of nitrogens with zero attached hydrogens (tertiary/aromatic N) is 1. The number of halogens is 2. The van der Waals surface area contributed by atoms with Gasteiger partial charge in [-0.3, -0.25) is 0 Å². The molecule has 0 fully saturated rings. The van der Waals surface area contributed by atoms with Crippen LogP contribution in [-0.4, -0.2) is 16.2 Å². The molecule has 0 unspecified atom stereocenters. The van der Waals surface area contributed by atoms with Gasteiger partial charge in [-0.1, -0.05) is 66.2 Å². The fourth-order valence-electron chi connectivity index (χ4n) is 3.58. The van der Waals surface area contributed by atoms with Crippen LogP contribution in [0.25, 0.3) is 10.9 Å². The van der Waals surface area contributed by atoms with E-state index in [4.69, 9.17) is 11.6 Å². The molecule has 1 atom stereocenters. The zero-order valence-corrected chi connectivity index (χ0v) is 16.6. The van der Waals surface area contributed by atoms with Gasteiger partial charge in [-0.25, -0.2) is 4.39 Å². The lowest BCUT2D eigenvalue weighted by Crippen LogP contribution is -2.20. The zero-order chi connectivity index (χ0) is 20.2. The third-order valence-corrected chi connectivity index (χ3v) is 5.45. The van der Waals surface area contributed by atoms with Crippen molar-refractivity contribution in [2.75, 3.05) is 6.54 Å². The summed E-state index contributed by atoms with van der Waals surface area (Å²) in [5.74, 6) is -0.305. The zero-order valence-electron chi connectivity index (χ0n) is 15.9. The van der Waals surface area contributed by atoms with Gasteiger partial charge in [0.15, 0.2) is 0 Å². The average Bonchev–Trinajstić information content (AvgIpc) is 3.09. The first-order chi connectivity index (χ1) is 14.1. The summed E-state index contributed by atoms with van der Waals surface area (Å²) >= 11 is 6.22. The number of fused-ring (bicyclic) bond motifs is 1. The maximum Gasteiger partial charge on any atom is 0.129 e. The van der Waals surface area contributed by atoms with E-state index in [1.807, 2.05) is 59.3 Å². The summed E-state index contributed by atoms with van der Waals surface area (Å²) in [5.41, 5.74) is 3.48. The molecule has 29 heavy (non-hydrogen) atoms. The summed E-state index contributed by atoms with van der Waals surface area (Å²) in [6.45, 7) is 1.41. The Hall–Kier alpha value is -2.66. The molecule has 0 radical (unpaired) electrons. The lowest BCUT2D eigenvalue weighted by molar-refractivity contribution is 0.174. The molecule has 0 saturated carbocycles. The number of rotatable bonds is 7. The number of benzene rings is 3. The molecule has 0 aliphatic rings. The maximum atomic E-state index is 14.3. The highest BCUT2D eigenvalue weighted by atomic mass is 35.5. The minimum atomic E-state index is -0.568. The molecule has 1 aromatic heterocycles. The van der Waals surface area contributed by atoms with Crippen LogP contribution in [0, 0.1) is 5.82 Å². The fraction of sp³-hybridized carbons (Fsp3) is 0.167. The Balaban J connectivity index is 1.53. The van der Waals surface area contributed by atoms with E-state index < -0.39 is 6.10 Å². The van der Waals surface area contributed by atoms with E-state index in [1.54, 1.807) is 12.1 Å². The fourth-order valence-corrected chi connectivity index (χ4v) is 3.81. The minimum Gasteiger partial charge on any atom is -0.387 e. The quantitative estimate of drug-likeness (QED) is 0.435. The molecule has 3 nitrogen and oxygen atoms in total. The molecule has 0 saturated heterocycles. The van der Waals surface area contributed by atoms with Crippen LogP contribution < -0.4 is 5.32 Å². The van der Waals surface area contributed by atoms with Crippen LogP contribution in [0.3, 0.4) is 0 Å². The highest BCUT2D eigenvalue weighted by molar-refractivity contribution is 6.31. The highest BCUT2D eigenvalue weighted by Gasteiger charge is 2.13. The van der Waals surface area contributed by atoms with E-state index in [1.165, 1.54) is 6.07 Å². The predicted molar refractivity (Wildman–Crippen MR) is 116 cm³/mol. The normalized spacial score (nSPS) is 12.4. The Labute approximate surface area is 174 Å². The van der Waals surface area contributed by atoms with E-state index in [0.717, 1.165) is 22.0 Å². The number of aliphatic hydroxyl groups is 1. The number of hydrogen-bond donors (Lipinski definition) is 2. The predicted octanol–water partition coefficient (Wildman–Crippen LogP) is 5.31. The summed E-state index contributed by atoms with van der Waals surface area (Å²) in [5, 5.41) is 15.2. The van der Waals surface area contributed by atoms with E-state index in [2.05, 4.69) is 11.4 Å². The molecule has 4 rings (SSSR count). The first-order valence-electron chi connectivity index (χ1n) is 9.57. The number of nitrogens with one attached hydrogen (secondary N) is 1. The molecule has 3 aromatic carbocycles. The van der Waals surface area contributed by atoms with Gasteiger partial charge in [0.25, 0.3) is 0 Å². The van der Waals surface area contributed by atoms with Crippen molar-refractivity contribution in [1.29, 1.82) is 0 Å². The SMILES string of the molecule is O[C@@H](CNCc1cn(Cc2c(F)cccc2Cl)c2ccccc12)c1ccccc1. The minimum absolute atomic E-state index is 0.305. The van der Waals surface area contributed by atoms with Crippen LogP contribution in [0.15, 0.2) is 79.0 Å². The van der Waals surface area contributed by atoms with E-state index in [9.17, 15) is 9.50 Å². The van der Waals surface area contributed by atoms with Crippen molar-refractivity contribution in [1.82, 2.24) is 9.88 Å². The molecule has 0 bridgehead atoms. The monoisotopic (exact) mass is 408 g/mol. The first-order valence-corrected chi connectivity index (χ1v) is 9.94. The lowest BCUT2D eigenvalue weighted by Gasteiger charge is -2.12. The van der Waals surface area contributed by atoms with Crippen LogP contribution in [0.1, 0.15) is 22.8 Å². The molecule has 0 aliphatic carbocycles. The molecule has 4 aromatic rings. The molecule has 148 valence electrons. The van der Waals surface area contributed by atoms with Gasteiger partial charge in [0.1, 0.15) is 5.82 Å². The lowest BCUT2D eigenvalue weighted by atomic mass is 10.1. The Kier molecular flexibility index (Phi) is 5.95. The first kappa shape index (κ1) is 19.6. The second-order valence-corrected chi connectivity index (χ2v) is 7.46. The van der Waals surface area contributed by atoms with Gasteiger partial charge in [-0.2, -0.15) is 0 Å². The van der Waals surface area contributed by atoms with Crippen molar-refractivity contribution >= 4 is 22.5 Å². The van der Waals surface area contributed by atoms with Crippen molar-refractivity contribution in [3.8, 4) is 0 Å². The third-order valence-electron chi connectivity index (χ3n) is 5.10.